The van der Waals surface area contributed by atoms with Crippen molar-refractivity contribution >= 4 is 29.3 Å². The molecule has 2 nitrogen and oxygen atoms in total. The van der Waals surface area contributed by atoms with Gasteiger partial charge in [0, 0.05) is 17.3 Å². The Bertz CT molecular complexity index is 690. The van der Waals surface area contributed by atoms with Gasteiger partial charge in [-0.2, -0.15) is 0 Å². The summed E-state index contributed by atoms with van der Waals surface area (Å²) in [6, 6.07) is 10.2. The van der Waals surface area contributed by atoms with Crippen LogP contribution in [0.5, 0.6) is 0 Å². The zero-order valence-electron chi connectivity index (χ0n) is 11.8. The van der Waals surface area contributed by atoms with Crippen molar-refractivity contribution < 1.29 is 9.18 Å². The molecule has 2 rings (SSSR count). The first kappa shape index (κ1) is 15.3. The molecule has 0 radical (unpaired) electrons. The summed E-state index contributed by atoms with van der Waals surface area (Å²) in [7, 11) is 0. The van der Waals surface area contributed by atoms with Gasteiger partial charge in [0.05, 0.1) is 5.02 Å². The van der Waals surface area contributed by atoms with Crippen molar-refractivity contribution in [1.29, 1.82) is 0 Å². The molecule has 0 aromatic heterocycles. The molecule has 0 saturated heterocycles. The van der Waals surface area contributed by atoms with E-state index in [9.17, 15) is 9.18 Å². The molecule has 108 valence electrons. The van der Waals surface area contributed by atoms with Crippen molar-refractivity contribution in [2.75, 3.05) is 5.32 Å². The summed E-state index contributed by atoms with van der Waals surface area (Å²) in [4.78, 5) is 11.9. The average molecular weight is 304 g/mol. The third-order valence-corrected chi connectivity index (χ3v) is 3.38. The first-order chi connectivity index (χ1) is 9.97. The van der Waals surface area contributed by atoms with E-state index in [-0.39, 0.29) is 16.5 Å². The van der Waals surface area contributed by atoms with E-state index in [0.717, 1.165) is 16.8 Å². The fourth-order valence-corrected chi connectivity index (χ4v) is 2.10. The van der Waals surface area contributed by atoms with Crippen LogP contribution < -0.4 is 5.32 Å². The van der Waals surface area contributed by atoms with Crippen LogP contribution in [0.4, 0.5) is 10.1 Å². The molecule has 1 amide bonds. The molecule has 0 spiro atoms. The molecule has 2 aromatic carbocycles. The molecule has 1 N–H and O–H groups in total. The minimum absolute atomic E-state index is 0.204. The van der Waals surface area contributed by atoms with Gasteiger partial charge in [-0.15, -0.1) is 0 Å². The number of halogens is 2. The van der Waals surface area contributed by atoms with E-state index in [1.165, 1.54) is 24.3 Å². The summed E-state index contributed by atoms with van der Waals surface area (Å²) < 4.78 is 13.6. The second kappa shape index (κ2) is 6.55. The lowest BCUT2D eigenvalue weighted by molar-refractivity contribution is -0.111. The van der Waals surface area contributed by atoms with E-state index >= 15 is 0 Å². The molecular formula is C17H15ClFNO. The number of aryl methyl sites for hydroxylation is 2. The largest absolute Gasteiger partial charge is 0.322 e. The fourth-order valence-electron chi connectivity index (χ4n) is 1.87. The van der Waals surface area contributed by atoms with E-state index in [1.54, 1.807) is 6.07 Å². The van der Waals surface area contributed by atoms with Gasteiger partial charge in [0.15, 0.2) is 0 Å². The van der Waals surface area contributed by atoms with Crippen LogP contribution in [-0.2, 0) is 4.79 Å². The molecular weight excluding hydrogens is 289 g/mol. The zero-order chi connectivity index (χ0) is 15.4. The van der Waals surface area contributed by atoms with Crippen molar-refractivity contribution in [3.8, 4) is 0 Å². The SMILES string of the molecule is Cc1ccc(C)c(NC(=O)C=Cc2c(F)cccc2Cl)c1. The molecule has 0 atom stereocenters. The van der Waals surface area contributed by atoms with Gasteiger partial charge in [0.25, 0.3) is 0 Å². The lowest BCUT2D eigenvalue weighted by Gasteiger charge is -2.07. The van der Waals surface area contributed by atoms with Gasteiger partial charge >= 0.3 is 0 Å². The van der Waals surface area contributed by atoms with E-state index in [4.69, 9.17) is 11.6 Å². The first-order valence-electron chi connectivity index (χ1n) is 6.47. The van der Waals surface area contributed by atoms with Crippen LogP contribution in [0.3, 0.4) is 0 Å². The molecule has 4 heteroatoms. The number of hydrogen-bond acceptors (Lipinski definition) is 1. The Hall–Kier alpha value is -2.13. The number of nitrogens with one attached hydrogen (secondary N) is 1. The Labute approximate surface area is 128 Å². The van der Waals surface area contributed by atoms with Crippen LogP contribution in [0.15, 0.2) is 42.5 Å². The fraction of sp³-hybridized carbons (Fsp3) is 0.118. The van der Waals surface area contributed by atoms with E-state index < -0.39 is 5.82 Å². The first-order valence-corrected chi connectivity index (χ1v) is 6.85. The van der Waals surface area contributed by atoms with Gasteiger partial charge in [-0.3, -0.25) is 4.79 Å². The van der Waals surface area contributed by atoms with E-state index in [2.05, 4.69) is 5.32 Å². The summed E-state index contributed by atoms with van der Waals surface area (Å²) in [5.74, 6) is -0.790. The summed E-state index contributed by atoms with van der Waals surface area (Å²) in [5, 5.41) is 3.04. The van der Waals surface area contributed by atoms with Crippen LogP contribution in [0.2, 0.25) is 5.02 Å². The van der Waals surface area contributed by atoms with Crippen LogP contribution >= 0.6 is 11.6 Å². The number of anilines is 1. The molecule has 0 fully saturated rings. The van der Waals surface area contributed by atoms with Crippen molar-refractivity contribution in [3.63, 3.8) is 0 Å². The maximum Gasteiger partial charge on any atom is 0.248 e. The summed E-state index contributed by atoms with van der Waals surface area (Å²) in [6.45, 7) is 3.86. The van der Waals surface area contributed by atoms with Gasteiger partial charge < -0.3 is 5.32 Å². The summed E-state index contributed by atoms with van der Waals surface area (Å²) in [6.07, 6.45) is 2.64. The zero-order valence-corrected chi connectivity index (χ0v) is 12.5. The molecule has 0 aliphatic carbocycles. The molecule has 0 unspecified atom stereocenters. The van der Waals surface area contributed by atoms with Crippen LogP contribution in [0.1, 0.15) is 16.7 Å². The highest BCUT2D eigenvalue weighted by Gasteiger charge is 2.05. The topological polar surface area (TPSA) is 29.1 Å². The predicted octanol–water partition coefficient (Wildman–Crippen LogP) is 4.75. The maximum absolute atomic E-state index is 13.6. The monoisotopic (exact) mass is 303 g/mol. The van der Waals surface area contributed by atoms with Gasteiger partial charge in [0.1, 0.15) is 5.82 Å². The number of amides is 1. The third-order valence-electron chi connectivity index (χ3n) is 3.05. The van der Waals surface area contributed by atoms with Gasteiger partial charge in [-0.05, 0) is 49.2 Å². The number of carbonyl (C=O) groups is 1. The standard InChI is InChI=1S/C17H15ClFNO/c1-11-6-7-12(2)16(10-11)20-17(21)9-8-13-14(18)4-3-5-15(13)19/h3-10H,1-2H3,(H,20,21). The minimum atomic E-state index is -0.460. The van der Waals surface area contributed by atoms with E-state index in [1.807, 2.05) is 32.0 Å². The average Bonchev–Trinajstić information content (AvgIpc) is 2.42. The van der Waals surface area contributed by atoms with Crippen LogP contribution in [0, 0.1) is 19.7 Å². The van der Waals surface area contributed by atoms with Crippen molar-refractivity contribution in [3.05, 3.63) is 70.0 Å². The highest BCUT2D eigenvalue weighted by atomic mass is 35.5. The molecule has 0 bridgehead atoms. The molecule has 0 aliphatic heterocycles. The van der Waals surface area contributed by atoms with Crippen molar-refractivity contribution in [2.45, 2.75) is 13.8 Å². The van der Waals surface area contributed by atoms with Crippen LogP contribution in [0.25, 0.3) is 6.08 Å². The summed E-state index contributed by atoms with van der Waals surface area (Å²) >= 11 is 5.90. The number of hydrogen-bond donors (Lipinski definition) is 1. The minimum Gasteiger partial charge on any atom is -0.322 e. The van der Waals surface area contributed by atoms with Crippen molar-refractivity contribution in [2.24, 2.45) is 0 Å². The quantitative estimate of drug-likeness (QED) is 0.815. The molecule has 2 aromatic rings. The van der Waals surface area contributed by atoms with Gasteiger partial charge in [-0.1, -0.05) is 29.8 Å². The predicted molar refractivity (Wildman–Crippen MR) is 85.0 cm³/mol. The van der Waals surface area contributed by atoms with Crippen molar-refractivity contribution in [1.82, 2.24) is 0 Å². The van der Waals surface area contributed by atoms with E-state index in [0.29, 0.717) is 0 Å². The Balaban J connectivity index is 2.15. The Kier molecular flexibility index (Phi) is 4.76. The number of carbonyl (C=O) groups excluding carboxylic acids is 1. The lowest BCUT2D eigenvalue weighted by atomic mass is 10.1. The highest BCUT2D eigenvalue weighted by Crippen LogP contribution is 2.21. The number of benzene rings is 2. The van der Waals surface area contributed by atoms with Gasteiger partial charge in [-0.25, -0.2) is 4.39 Å². The Morgan fingerprint density at radius 1 is 1.24 bits per heavy atom. The Morgan fingerprint density at radius 3 is 2.71 bits per heavy atom. The number of rotatable bonds is 3. The van der Waals surface area contributed by atoms with Gasteiger partial charge in [0.2, 0.25) is 5.91 Å². The molecule has 21 heavy (non-hydrogen) atoms. The third kappa shape index (κ3) is 3.92. The highest BCUT2D eigenvalue weighted by molar-refractivity contribution is 6.32. The lowest BCUT2D eigenvalue weighted by Crippen LogP contribution is -2.09. The second-order valence-electron chi connectivity index (χ2n) is 4.78. The Morgan fingerprint density at radius 2 is 2.00 bits per heavy atom. The maximum atomic E-state index is 13.6. The normalized spacial score (nSPS) is 10.9. The summed E-state index contributed by atoms with van der Waals surface area (Å²) in [5.41, 5.74) is 2.96. The smallest absolute Gasteiger partial charge is 0.248 e. The molecule has 0 heterocycles. The molecule has 0 aliphatic rings. The second-order valence-corrected chi connectivity index (χ2v) is 5.18. The molecule has 0 saturated carbocycles. The van der Waals surface area contributed by atoms with Crippen LogP contribution in [-0.4, -0.2) is 5.91 Å².